The average molecular weight is 791 g/mol. The molecule has 0 saturated carbocycles. The highest BCUT2D eigenvalue weighted by Crippen LogP contribution is 2.43. The fourth-order valence-corrected chi connectivity index (χ4v) is 7.53. The Morgan fingerprint density at radius 3 is 1.22 bits per heavy atom. The van der Waals surface area contributed by atoms with Crippen molar-refractivity contribution in [2.45, 2.75) is 232 Å². The van der Waals surface area contributed by atoms with Crippen LogP contribution in [0.5, 0.6) is 0 Å². The minimum absolute atomic E-state index is 0.0939. The molecule has 0 heterocycles. The van der Waals surface area contributed by atoms with Gasteiger partial charge in [0.05, 0.1) is 34.4 Å². The number of nitrogens with zero attached hydrogens (tertiary/aromatic N) is 1. The summed E-state index contributed by atoms with van der Waals surface area (Å²) in [7, 11) is 1.69. The molecule has 0 bridgehead atoms. The van der Waals surface area contributed by atoms with Gasteiger partial charge in [0, 0.05) is 13.0 Å². The van der Waals surface area contributed by atoms with Crippen LogP contribution in [-0.2, 0) is 27.9 Å². The Bertz CT molecular complexity index is 837. The van der Waals surface area contributed by atoms with Crippen LogP contribution in [0.25, 0.3) is 0 Å². The summed E-state index contributed by atoms with van der Waals surface area (Å²) in [6, 6.07) is 0. The summed E-state index contributed by atoms with van der Waals surface area (Å²) in [4.78, 5) is 22.9. The van der Waals surface area contributed by atoms with Crippen LogP contribution in [0.4, 0.5) is 0 Å². The third-order valence-corrected chi connectivity index (χ3v) is 11.4. The predicted octanol–water partition coefficient (Wildman–Crippen LogP) is 13.7. The van der Waals surface area contributed by atoms with Crippen molar-refractivity contribution in [2.75, 3.05) is 54.1 Å². The van der Waals surface area contributed by atoms with Crippen molar-refractivity contribution >= 4 is 13.8 Å². The molecule has 0 saturated heterocycles. The second-order valence-corrected chi connectivity index (χ2v) is 18.6. The summed E-state index contributed by atoms with van der Waals surface area (Å²) in [5, 5.41) is 0. The lowest BCUT2D eigenvalue weighted by Gasteiger charge is -2.24. The number of likely N-dealkylation sites (N-methyl/N-ethyl adjacent to an activating group) is 1. The molecule has 0 aliphatic rings. The minimum atomic E-state index is -4.27. The monoisotopic (exact) mass is 791 g/mol. The minimum Gasteiger partial charge on any atom is -0.457 e. The van der Waals surface area contributed by atoms with Crippen LogP contribution in [0.3, 0.4) is 0 Å². The molecule has 0 aromatic rings. The maximum absolute atomic E-state index is 12.7. The standard InChI is InChI=1S/C45H92NO7P/c1-6-8-10-12-14-16-18-20-21-22-23-24-25-26-28-30-32-34-36-38-45(47)53-44(43-52-54(48,49)51-41-39-46(3,4)5)42-50-40-37-35-33-31-29-27-19-17-15-13-11-9-7-2/h44H,6-43H2,1-5H3/p+1. The van der Waals surface area contributed by atoms with Gasteiger partial charge in [-0.1, -0.05) is 206 Å². The molecule has 54 heavy (non-hydrogen) atoms. The highest BCUT2D eigenvalue weighted by atomic mass is 31.2. The van der Waals surface area contributed by atoms with E-state index in [1.807, 2.05) is 21.1 Å². The molecule has 324 valence electrons. The molecule has 0 rings (SSSR count). The molecule has 8 nitrogen and oxygen atoms in total. The Kier molecular flexibility index (Phi) is 39.0. The SMILES string of the molecule is CCCCCCCCCCCCCCCCCCCCCC(=O)OC(COCCCCCCCCCCCCCCC)COP(=O)(O)OCC[N+](C)(C)C. The van der Waals surface area contributed by atoms with Gasteiger partial charge < -0.3 is 18.9 Å². The van der Waals surface area contributed by atoms with E-state index in [9.17, 15) is 14.3 Å². The molecular weight excluding hydrogens is 697 g/mol. The molecule has 0 aromatic heterocycles. The van der Waals surface area contributed by atoms with Crippen LogP contribution in [-0.4, -0.2) is 75.6 Å². The quantitative estimate of drug-likeness (QED) is 0.0284. The topological polar surface area (TPSA) is 91.3 Å². The van der Waals surface area contributed by atoms with E-state index in [0.29, 0.717) is 24.1 Å². The highest BCUT2D eigenvalue weighted by Gasteiger charge is 2.26. The van der Waals surface area contributed by atoms with Gasteiger partial charge in [0.15, 0.2) is 0 Å². The summed E-state index contributed by atoms with van der Waals surface area (Å²) in [6.45, 7) is 5.68. The van der Waals surface area contributed by atoms with Gasteiger partial charge in [-0.3, -0.25) is 13.8 Å². The average Bonchev–Trinajstić information content (AvgIpc) is 3.12. The summed E-state index contributed by atoms with van der Waals surface area (Å²) in [6.07, 6.45) is 41.3. The van der Waals surface area contributed by atoms with Crippen LogP contribution in [0, 0.1) is 0 Å². The molecule has 0 aliphatic heterocycles. The first kappa shape index (κ1) is 53.5. The highest BCUT2D eigenvalue weighted by molar-refractivity contribution is 7.47. The third kappa shape index (κ3) is 42.6. The van der Waals surface area contributed by atoms with E-state index in [2.05, 4.69) is 13.8 Å². The molecule has 0 aliphatic carbocycles. The van der Waals surface area contributed by atoms with Crippen LogP contribution < -0.4 is 0 Å². The number of quaternary nitrogens is 1. The molecule has 0 radical (unpaired) electrons. The van der Waals surface area contributed by atoms with E-state index in [1.54, 1.807) is 0 Å². The third-order valence-electron chi connectivity index (χ3n) is 10.4. The van der Waals surface area contributed by atoms with Crippen LogP contribution in [0.2, 0.25) is 0 Å². The van der Waals surface area contributed by atoms with Gasteiger partial charge in [-0.05, 0) is 12.8 Å². The first-order valence-corrected chi connectivity index (χ1v) is 24.8. The lowest BCUT2D eigenvalue weighted by Crippen LogP contribution is -2.37. The Morgan fingerprint density at radius 2 is 0.852 bits per heavy atom. The van der Waals surface area contributed by atoms with Gasteiger partial charge in [0.25, 0.3) is 0 Å². The normalized spacial score (nSPS) is 13.7. The van der Waals surface area contributed by atoms with Gasteiger partial charge in [-0.2, -0.15) is 0 Å². The van der Waals surface area contributed by atoms with Crippen molar-refractivity contribution in [1.29, 1.82) is 0 Å². The Labute approximate surface area is 336 Å². The number of carbonyl (C=O) groups excluding carboxylic acids is 1. The smallest absolute Gasteiger partial charge is 0.457 e. The van der Waals surface area contributed by atoms with E-state index in [4.69, 9.17) is 18.5 Å². The number of hydrogen-bond acceptors (Lipinski definition) is 6. The molecule has 0 fully saturated rings. The largest absolute Gasteiger partial charge is 0.472 e. The van der Waals surface area contributed by atoms with Crippen LogP contribution in [0.1, 0.15) is 226 Å². The molecular formula is C45H93NO7P+. The Morgan fingerprint density at radius 1 is 0.500 bits per heavy atom. The molecule has 1 N–H and O–H groups in total. The van der Waals surface area contributed by atoms with E-state index < -0.39 is 13.9 Å². The fourth-order valence-electron chi connectivity index (χ4n) is 6.79. The molecule has 2 atom stereocenters. The van der Waals surface area contributed by atoms with E-state index >= 15 is 0 Å². The number of rotatable bonds is 44. The van der Waals surface area contributed by atoms with Crippen molar-refractivity contribution in [2.24, 2.45) is 0 Å². The number of hydrogen-bond donors (Lipinski definition) is 1. The summed E-state index contributed by atoms with van der Waals surface area (Å²) in [5.41, 5.74) is 0. The van der Waals surface area contributed by atoms with Crippen molar-refractivity contribution in [3.8, 4) is 0 Å². The number of ether oxygens (including phenoxy) is 2. The first-order chi connectivity index (χ1) is 26.1. The summed E-state index contributed by atoms with van der Waals surface area (Å²) < 4.78 is 35.0. The molecule has 9 heteroatoms. The van der Waals surface area contributed by atoms with Crippen molar-refractivity contribution in [1.82, 2.24) is 0 Å². The maximum atomic E-state index is 12.7. The van der Waals surface area contributed by atoms with Gasteiger partial charge in [0.1, 0.15) is 19.3 Å². The number of phosphoric ester groups is 1. The predicted molar refractivity (Wildman–Crippen MR) is 229 cm³/mol. The van der Waals surface area contributed by atoms with Crippen LogP contribution >= 0.6 is 7.82 Å². The molecule has 0 spiro atoms. The van der Waals surface area contributed by atoms with Crippen molar-refractivity contribution in [3.63, 3.8) is 0 Å². The zero-order chi connectivity index (χ0) is 39.9. The van der Waals surface area contributed by atoms with Gasteiger partial charge >= 0.3 is 13.8 Å². The fraction of sp³-hybridized carbons (Fsp3) is 0.978. The second kappa shape index (κ2) is 39.3. The van der Waals surface area contributed by atoms with Crippen LogP contribution in [0.15, 0.2) is 0 Å². The number of carbonyl (C=O) groups is 1. The lowest BCUT2D eigenvalue weighted by atomic mass is 10.0. The Balaban J connectivity index is 4.13. The zero-order valence-corrected chi connectivity index (χ0v) is 37.6. The number of esters is 1. The van der Waals surface area contributed by atoms with Gasteiger partial charge in [0.2, 0.25) is 0 Å². The van der Waals surface area contributed by atoms with E-state index in [1.165, 1.54) is 173 Å². The molecule has 0 amide bonds. The Hall–Kier alpha value is -0.500. The summed E-state index contributed by atoms with van der Waals surface area (Å²) in [5.74, 6) is -0.307. The molecule has 2 unspecified atom stereocenters. The first-order valence-electron chi connectivity index (χ1n) is 23.3. The molecule has 0 aromatic carbocycles. The second-order valence-electron chi connectivity index (χ2n) is 17.2. The van der Waals surface area contributed by atoms with Gasteiger partial charge in [-0.15, -0.1) is 0 Å². The lowest BCUT2D eigenvalue weighted by molar-refractivity contribution is -0.870. The van der Waals surface area contributed by atoms with Crippen molar-refractivity contribution in [3.05, 3.63) is 0 Å². The maximum Gasteiger partial charge on any atom is 0.472 e. The van der Waals surface area contributed by atoms with E-state index in [0.717, 1.165) is 32.1 Å². The summed E-state index contributed by atoms with van der Waals surface area (Å²) >= 11 is 0. The number of unbranched alkanes of at least 4 members (excludes halogenated alkanes) is 30. The zero-order valence-electron chi connectivity index (χ0n) is 36.7. The van der Waals surface area contributed by atoms with Gasteiger partial charge in [-0.25, -0.2) is 4.57 Å². The van der Waals surface area contributed by atoms with E-state index in [-0.39, 0.29) is 25.8 Å². The number of phosphoric acid groups is 1. The van der Waals surface area contributed by atoms with Crippen molar-refractivity contribution < 1.29 is 37.3 Å².